The summed E-state index contributed by atoms with van der Waals surface area (Å²) in [5, 5.41) is 5.57. The minimum atomic E-state index is -4.46. The lowest BCUT2D eigenvalue weighted by atomic mass is 10.2. The van der Waals surface area contributed by atoms with Crippen molar-refractivity contribution in [3.8, 4) is 0 Å². The van der Waals surface area contributed by atoms with Crippen molar-refractivity contribution in [1.82, 2.24) is 10.3 Å². The van der Waals surface area contributed by atoms with E-state index in [2.05, 4.69) is 15.6 Å². The maximum Gasteiger partial charge on any atom is 0.416 e. The molecule has 2 aromatic rings. The van der Waals surface area contributed by atoms with Crippen LogP contribution in [0.4, 0.5) is 24.7 Å². The molecule has 10 heteroatoms. The number of hydrogen-bond acceptors (Lipinski definition) is 4. The van der Waals surface area contributed by atoms with Gasteiger partial charge in [-0.3, -0.25) is 9.59 Å². The van der Waals surface area contributed by atoms with E-state index in [0.29, 0.717) is 30.8 Å². The van der Waals surface area contributed by atoms with Crippen LogP contribution in [-0.2, 0) is 11.0 Å². The molecule has 0 saturated carbocycles. The normalized spacial score (nSPS) is 16.5. The standard InChI is InChI=1S/C21H22ClF3N4O2/c1-12(2)19(30)28-18-9-13(5-7-26-18)20(31)27-15-6-8-29(11-15)17-4-3-14(10-16(17)22)21(23,24)25/h3-5,7,9-10,12,15H,6,8,11H2,1-2H3,(H,27,31)(H,26,28,30)/t15-/m1/s1. The fraction of sp³-hybridized carbons (Fsp3) is 0.381. The number of rotatable bonds is 5. The van der Waals surface area contributed by atoms with Crippen LogP contribution in [0.1, 0.15) is 36.2 Å². The van der Waals surface area contributed by atoms with Gasteiger partial charge in [0.15, 0.2) is 0 Å². The molecule has 1 aromatic heterocycles. The zero-order chi connectivity index (χ0) is 22.8. The zero-order valence-electron chi connectivity index (χ0n) is 17.0. The fourth-order valence-corrected chi connectivity index (χ4v) is 3.52. The Morgan fingerprint density at radius 3 is 2.61 bits per heavy atom. The second kappa shape index (κ2) is 9.13. The maximum absolute atomic E-state index is 12.8. The molecule has 2 heterocycles. The Balaban J connectivity index is 1.63. The smallest absolute Gasteiger partial charge is 0.368 e. The van der Waals surface area contributed by atoms with Crippen LogP contribution in [0.3, 0.4) is 0 Å². The van der Waals surface area contributed by atoms with Crippen molar-refractivity contribution in [2.24, 2.45) is 5.92 Å². The van der Waals surface area contributed by atoms with Crippen molar-refractivity contribution in [3.63, 3.8) is 0 Å². The summed E-state index contributed by atoms with van der Waals surface area (Å²) in [6.07, 6.45) is -2.40. The second-order valence-corrected chi connectivity index (χ2v) is 8.05. The molecule has 3 rings (SSSR count). The lowest BCUT2D eigenvalue weighted by molar-refractivity contribution is -0.137. The van der Waals surface area contributed by atoms with Crippen LogP contribution in [-0.4, -0.2) is 35.9 Å². The summed E-state index contributed by atoms with van der Waals surface area (Å²) in [4.78, 5) is 30.3. The SMILES string of the molecule is CC(C)C(=O)Nc1cc(C(=O)N[C@@H]2CCN(c3ccc(C(F)(F)F)cc3Cl)C2)ccn1. The van der Waals surface area contributed by atoms with E-state index in [9.17, 15) is 22.8 Å². The molecule has 0 bridgehead atoms. The third-order valence-corrected chi connectivity index (χ3v) is 5.24. The highest BCUT2D eigenvalue weighted by Crippen LogP contribution is 2.36. The number of carbonyl (C=O) groups excluding carboxylic acids is 2. The van der Waals surface area contributed by atoms with Gasteiger partial charge in [-0.1, -0.05) is 25.4 Å². The molecule has 6 nitrogen and oxygen atoms in total. The molecule has 2 N–H and O–H groups in total. The van der Waals surface area contributed by atoms with Crippen LogP contribution in [0.2, 0.25) is 5.02 Å². The predicted molar refractivity (Wildman–Crippen MR) is 112 cm³/mol. The van der Waals surface area contributed by atoms with Crippen molar-refractivity contribution in [2.45, 2.75) is 32.5 Å². The molecular formula is C21H22ClF3N4O2. The second-order valence-electron chi connectivity index (χ2n) is 7.64. The number of halogens is 4. The molecule has 1 fully saturated rings. The number of pyridine rings is 1. The van der Waals surface area contributed by atoms with Gasteiger partial charge in [-0.2, -0.15) is 13.2 Å². The predicted octanol–water partition coefficient (Wildman–Crippen LogP) is 4.36. The van der Waals surface area contributed by atoms with E-state index in [1.807, 2.05) is 4.90 Å². The Hall–Kier alpha value is -2.81. The van der Waals surface area contributed by atoms with Gasteiger partial charge < -0.3 is 15.5 Å². The summed E-state index contributed by atoms with van der Waals surface area (Å²) < 4.78 is 38.5. The van der Waals surface area contributed by atoms with E-state index in [1.165, 1.54) is 18.3 Å². The highest BCUT2D eigenvalue weighted by Gasteiger charge is 2.32. The van der Waals surface area contributed by atoms with Gasteiger partial charge in [-0.05, 0) is 36.8 Å². The van der Waals surface area contributed by atoms with Crippen LogP contribution < -0.4 is 15.5 Å². The molecule has 0 aliphatic carbocycles. The van der Waals surface area contributed by atoms with E-state index in [0.717, 1.165) is 12.1 Å². The highest BCUT2D eigenvalue weighted by atomic mass is 35.5. The van der Waals surface area contributed by atoms with E-state index in [1.54, 1.807) is 19.9 Å². The van der Waals surface area contributed by atoms with Crippen LogP contribution in [0.5, 0.6) is 0 Å². The molecule has 1 aliphatic heterocycles. The summed E-state index contributed by atoms with van der Waals surface area (Å²) in [5.74, 6) is -0.463. The Kier molecular flexibility index (Phi) is 6.74. The minimum Gasteiger partial charge on any atom is -0.368 e. The fourth-order valence-electron chi connectivity index (χ4n) is 3.22. The molecular weight excluding hydrogens is 433 g/mol. The Labute approximate surface area is 182 Å². The van der Waals surface area contributed by atoms with Crippen molar-refractivity contribution < 1.29 is 22.8 Å². The molecule has 166 valence electrons. The first-order valence-corrected chi connectivity index (χ1v) is 10.1. The first-order chi connectivity index (χ1) is 14.5. The number of aromatic nitrogens is 1. The van der Waals surface area contributed by atoms with Crippen molar-refractivity contribution in [3.05, 3.63) is 52.7 Å². The molecule has 1 saturated heterocycles. The molecule has 1 atom stereocenters. The average molecular weight is 455 g/mol. The Bertz CT molecular complexity index is 981. The van der Waals surface area contributed by atoms with Gasteiger partial charge in [0.2, 0.25) is 5.91 Å². The molecule has 1 aromatic carbocycles. The molecule has 31 heavy (non-hydrogen) atoms. The highest BCUT2D eigenvalue weighted by molar-refractivity contribution is 6.33. The first kappa shape index (κ1) is 22.9. The molecule has 0 spiro atoms. The van der Waals surface area contributed by atoms with Gasteiger partial charge in [-0.15, -0.1) is 0 Å². The van der Waals surface area contributed by atoms with Crippen LogP contribution in [0, 0.1) is 5.92 Å². The number of amides is 2. The first-order valence-electron chi connectivity index (χ1n) is 9.74. The minimum absolute atomic E-state index is 0.0153. The maximum atomic E-state index is 12.8. The summed E-state index contributed by atoms with van der Waals surface area (Å²) in [5.41, 5.74) is 0.0393. The summed E-state index contributed by atoms with van der Waals surface area (Å²) in [7, 11) is 0. The van der Waals surface area contributed by atoms with Crippen molar-refractivity contribution >= 4 is 34.9 Å². The number of nitrogens with one attached hydrogen (secondary N) is 2. The van der Waals surface area contributed by atoms with E-state index in [-0.39, 0.29) is 34.6 Å². The number of nitrogens with zero attached hydrogens (tertiary/aromatic N) is 2. The molecule has 2 amide bonds. The van der Waals surface area contributed by atoms with Gasteiger partial charge in [0.05, 0.1) is 16.3 Å². The summed E-state index contributed by atoms with van der Waals surface area (Å²) in [6, 6.07) is 6.09. The quantitative estimate of drug-likeness (QED) is 0.704. The Morgan fingerprint density at radius 1 is 1.23 bits per heavy atom. The lowest BCUT2D eigenvalue weighted by Crippen LogP contribution is -2.37. The summed E-state index contributed by atoms with van der Waals surface area (Å²) in [6.45, 7) is 4.46. The van der Waals surface area contributed by atoms with Crippen LogP contribution in [0.15, 0.2) is 36.5 Å². The van der Waals surface area contributed by atoms with Crippen molar-refractivity contribution in [1.29, 1.82) is 0 Å². The monoisotopic (exact) mass is 454 g/mol. The lowest BCUT2D eigenvalue weighted by Gasteiger charge is -2.21. The Morgan fingerprint density at radius 2 is 1.97 bits per heavy atom. The van der Waals surface area contributed by atoms with Crippen molar-refractivity contribution in [2.75, 3.05) is 23.3 Å². The number of alkyl halides is 3. The van der Waals surface area contributed by atoms with E-state index >= 15 is 0 Å². The number of hydrogen-bond donors (Lipinski definition) is 2. The molecule has 0 radical (unpaired) electrons. The number of anilines is 2. The van der Waals surface area contributed by atoms with Gasteiger partial charge >= 0.3 is 6.18 Å². The summed E-state index contributed by atoms with van der Waals surface area (Å²) >= 11 is 6.08. The topological polar surface area (TPSA) is 74.3 Å². The van der Waals surface area contributed by atoms with Crippen LogP contribution in [0.25, 0.3) is 0 Å². The van der Waals surface area contributed by atoms with Gasteiger partial charge in [-0.25, -0.2) is 4.98 Å². The van der Waals surface area contributed by atoms with Gasteiger partial charge in [0, 0.05) is 36.8 Å². The third-order valence-electron chi connectivity index (χ3n) is 4.94. The average Bonchev–Trinajstić information content (AvgIpc) is 3.15. The molecule has 1 aliphatic rings. The van der Waals surface area contributed by atoms with Gasteiger partial charge in [0.1, 0.15) is 5.82 Å². The number of carbonyl (C=O) groups is 2. The van der Waals surface area contributed by atoms with E-state index in [4.69, 9.17) is 11.6 Å². The third kappa shape index (κ3) is 5.66. The molecule has 0 unspecified atom stereocenters. The zero-order valence-corrected chi connectivity index (χ0v) is 17.7. The van der Waals surface area contributed by atoms with Crippen LogP contribution >= 0.6 is 11.6 Å². The van der Waals surface area contributed by atoms with Gasteiger partial charge in [0.25, 0.3) is 5.91 Å². The largest absolute Gasteiger partial charge is 0.416 e. The number of benzene rings is 1. The van der Waals surface area contributed by atoms with E-state index < -0.39 is 11.7 Å².